The minimum absolute atomic E-state index is 0.269. The van der Waals surface area contributed by atoms with E-state index in [0.717, 1.165) is 0 Å². The van der Waals surface area contributed by atoms with Crippen LogP contribution in [0.5, 0.6) is 11.5 Å². The molecule has 0 saturated carbocycles. The lowest BCUT2D eigenvalue weighted by Gasteiger charge is -2.36. The second-order valence-corrected chi connectivity index (χ2v) is 7.51. The molecule has 0 aliphatic carbocycles. The van der Waals surface area contributed by atoms with Crippen molar-refractivity contribution in [2.24, 2.45) is 0 Å². The predicted octanol–water partition coefficient (Wildman–Crippen LogP) is 3.60. The standard InChI is InChI=1S/C25H22FN3O5/c1-33-18-12-8-17(9-13-18)27-23(30)14-22-25(32)28-20-4-2-3-5-21(20)29(22)24(31)15-34-19-10-6-16(26)7-11-19/h2-13,22H,14-15H2,1H3,(H,27,30)(H,28,32)/t22-/m1/s1. The highest BCUT2D eigenvalue weighted by Gasteiger charge is 2.38. The van der Waals surface area contributed by atoms with Crippen molar-refractivity contribution in [3.63, 3.8) is 0 Å². The molecule has 1 atom stereocenters. The molecule has 0 bridgehead atoms. The second kappa shape index (κ2) is 10.0. The SMILES string of the molecule is COc1ccc(NC(=O)C[C@@H]2C(=O)Nc3ccccc3N2C(=O)COc2ccc(F)cc2)cc1. The maximum absolute atomic E-state index is 13.2. The lowest BCUT2D eigenvalue weighted by atomic mass is 10.0. The summed E-state index contributed by atoms with van der Waals surface area (Å²) in [5.41, 5.74) is 1.44. The van der Waals surface area contributed by atoms with Gasteiger partial charge in [0.1, 0.15) is 23.4 Å². The zero-order chi connectivity index (χ0) is 24.1. The normalized spacial score (nSPS) is 14.6. The summed E-state index contributed by atoms with van der Waals surface area (Å²) in [6.07, 6.45) is -0.269. The number of amides is 3. The molecule has 1 aliphatic heterocycles. The molecule has 2 N–H and O–H groups in total. The number of carbonyl (C=O) groups is 3. The third-order valence-electron chi connectivity index (χ3n) is 5.23. The second-order valence-electron chi connectivity index (χ2n) is 7.51. The molecule has 1 aliphatic rings. The van der Waals surface area contributed by atoms with Gasteiger partial charge in [-0.15, -0.1) is 0 Å². The number of fused-ring (bicyclic) bond motifs is 1. The molecule has 0 spiro atoms. The average Bonchev–Trinajstić information content (AvgIpc) is 2.84. The Morgan fingerprint density at radius 3 is 2.38 bits per heavy atom. The fraction of sp³-hybridized carbons (Fsp3) is 0.160. The highest BCUT2D eigenvalue weighted by atomic mass is 19.1. The van der Waals surface area contributed by atoms with E-state index in [0.29, 0.717) is 28.6 Å². The zero-order valence-electron chi connectivity index (χ0n) is 18.3. The lowest BCUT2D eigenvalue weighted by molar-refractivity contribution is -0.127. The van der Waals surface area contributed by atoms with E-state index >= 15 is 0 Å². The van der Waals surface area contributed by atoms with Gasteiger partial charge in [0.2, 0.25) is 11.8 Å². The zero-order valence-corrected chi connectivity index (χ0v) is 18.3. The number of rotatable bonds is 7. The number of carbonyl (C=O) groups excluding carboxylic acids is 3. The van der Waals surface area contributed by atoms with Crippen molar-refractivity contribution in [1.82, 2.24) is 0 Å². The van der Waals surface area contributed by atoms with E-state index in [1.54, 1.807) is 55.6 Å². The number of para-hydroxylation sites is 2. The van der Waals surface area contributed by atoms with E-state index in [2.05, 4.69) is 10.6 Å². The van der Waals surface area contributed by atoms with Gasteiger partial charge in [-0.3, -0.25) is 19.3 Å². The first-order valence-corrected chi connectivity index (χ1v) is 10.5. The van der Waals surface area contributed by atoms with E-state index in [-0.39, 0.29) is 6.42 Å². The smallest absolute Gasteiger partial charge is 0.265 e. The number of hydrogen-bond donors (Lipinski definition) is 2. The molecule has 0 unspecified atom stereocenters. The third kappa shape index (κ3) is 5.15. The van der Waals surface area contributed by atoms with Crippen LogP contribution >= 0.6 is 0 Å². The number of methoxy groups -OCH3 is 1. The Kier molecular flexibility index (Phi) is 6.72. The number of nitrogens with zero attached hydrogens (tertiary/aromatic N) is 1. The van der Waals surface area contributed by atoms with Gasteiger partial charge >= 0.3 is 0 Å². The number of halogens is 1. The fourth-order valence-corrected chi connectivity index (χ4v) is 3.59. The number of hydrogen-bond acceptors (Lipinski definition) is 5. The molecule has 0 radical (unpaired) electrons. The molecule has 3 aromatic rings. The number of benzene rings is 3. The third-order valence-corrected chi connectivity index (χ3v) is 5.23. The quantitative estimate of drug-likeness (QED) is 0.558. The highest BCUT2D eigenvalue weighted by Crippen LogP contribution is 2.33. The maximum Gasteiger partial charge on any atom is 0.265 e. The fourth-order valence-electron chi connectivity index (χ4n) is 3.59. The molecule has 0 aromatic heterocycles. The molecule has 34 heavy (non-hydrogen) atoms. The maximum atomic E-state index is 13.2. The summed E-state index contributed by atoms with van der Waals surface area (Å²) in [6.45, 7) is -0.399. The van der Waals surface area contributed by atoms with E-state index in [9.17, 15) is 18.8 Å². The summed E-state index contributed by atoms with van der Waals surface area (Å²) in [6, 6.07) is 17.7. The van der Waals surface area contributed by atoms with Crippen molar-refractivity contribution < 1.29 is 28.2 Å². The lowest BCUT2D eigenvalue weighted by Crippen LogP contribution is -2.53. The largest absolute Gasteiger partial charge is 0.497 e. The van der Waals surface area contributed by atoms with Crippen LogP contribution in [0.2, 0.25) is 0 Å². The van der Waals surface area contributed by atoms with Crippen molar-refractivity contribution in [3.05, 3.63) is 78.6 Å². The van der Waals surface area contributed by atoms with Crippen LogP contribution in [0.15, 0.2) is 72.8 Å². The van der Waals surface area contributed by atoms with Crippen molar-refractivity contribution >= 4 is 34.8 Å². The molecule has 0 fully saturated rings. The Balaban J connectivity index is 1.52. The Morgan fingerprint density at radius 2 is 1.68 bits per heavy atom. The highest BCUT2D eigenvalue weighted by molar-refractivity contribution is 6.14. The Morgan fingerprint density at radius 1 is 1.00 bits per heavy atom. The summed E-state index contributed by atoms with van der Waals surface area (Å²) in [4.78, 5) is 40.1. The Bertz CT molecular complexity index is 1200. The van der Waals surface area contributed by atoms with E-state index in [1.165, 1.54) is 29.2 Å². The molecule has 4 rings (SSSR count). The Labute approximate surface area is 195 Å². The van der Waals surface area contributed by atoms with Gasteiger partial charge in [-0.25, -0.2) is 4.39 Å². The van der Waals surface area contributed by atoms with Gasteiger partial charge in [-0.1, -0.05) is 12.1 Å². The topological polar surface area (TPSA) is 97.0 Å². The van der Waals surface area contributed by atoms with Crippen LogP contribution in [0.1, 0.15) is 6.42 Å². The minimum Gasteiger partial charge on any atom is -0.497 e. The van der Waals surface area contributed by atoms with Gasteiger partial charge in [0.25, 0.3) is 5.91 Å². The molecule has 1 heterocycles. The number of anilines is 3. The van der Waals surface area contributed by atoms with Gasteiger partial charge in [0.15, 0.2) is 6.61 Å². The predicted molar refractivity (Wildman–Crippen MR) is 124 cm³/mol. The first kappa shape index (κ1) is 22.8. The van der Waals surface area contributed by atoms with E-state index in [1.807, 2.05) is 0 Å². The number of ether oxygens (including phenoxy) is 2. The van der Waals surface area contributed by atoms with Gasteiger partial charge < -0.3 is 20.1 Å². The summed E-state index contributed by atoms with van der Waals surface area (Å²) >= 11 is 0. The molecule has 174 valence electrons. The number of nitrogens with one attached hydrogen (secondary N) is 2. The monoisotopic (exact) mass is 463 g/mol. The van der Waals surface area contributed by atoms with Gasteiger partial charge in [-0.05, 0) is 60.7 Å². The Hall–Kier alpha value is -4.40. The van der Waals surface area contributed by atoms with Crippen LogP contribution in [0.4, 0.5) is 21.5 Å². The van der Waals surface area contributed by atoms with Crippen molar-refractivity contribution in [2.75, 3.05) is 29.3 Å². The minimum atomic E-state index is -1.09. The van der Waals surface area contributed by atoms with Crippen molar-refractivity contribution in [3.8, 4) is 11.5 Å². The first-order valence-electron chi connectivity index (χ1n) is 10.5. The van der Waals surface area contributed by atoms with Crippen molar-refractivity contribution in [1.29, 1.82) is 0 Å². The summed E-state index contributed by atoms with van der Waals surface area (Å²) < 4.78 is 23.7. The van der Waals surface area contributed by atoms with Crippen LogP contribution in [0.25, 0.3) is 0 Å². The van der Waals surface area contributed by atoms with E-state index < -0.39 is 36.2 Å². The average molecular weight is 463 g/mol. The van der Waals surface area contributed by atoms with Crippen LogP contribution in [-0.2, 0) is 14.4 Å². The van der Waals surface area contributed by atoms with Crippen LogP contribution in [0, 0.1) is 5.82 Å². The van der Waals surface area contributed by atoms with Gasteiger partial charge in [0.05, 0.1) is 24.9 Å². The van der Waals surface area contributed by atoms with Crippen LogP contribution < -0.4 is 25.0 Å². The molecular formula is C25H22FN3O5. The molecule has 9 heteroatoms. The molecular weight excluding hydrogens is 441 g/mol. The molecule has 3 amide bonds. The first-order chi connectivity index (χ1) is 16.4. The van der Waals surface area contributed by atoms with Crippen molar-refractivity contribution in [2.45, 2.75) is 12.5 Å². The van der Waals surface area contributed by atoms with Crippen LogP contribution in [-0.4, -0.2) is 37.5 Å². The summed E-state index contributed by atoms with van der Waals surface area (Å²) in [7, 11) is 1.54. The summed E-state index contributed by atoms with van der Waals surface area (Å²) in [5.74, 6) is -0.935. The molecule has 0 saturated heterocycles. The summed E-state index contributed by atoms with van der Waals surface area (Å²) in [5, 5.41) is 5.48. The van der Waals surface area contributed by atoms with Crippen LogP contribution in [0.3, 0.4) is 0 Å². The van der Waals surface area contributed by atoms with Gasteiger partial charge in [-0.2, -0.15) is 0 Å². The van der Waals surface area contributed by atoms with Gasteiger partial charge in [0, 0.05) is 5.69 Å². The molecule has 8 nitrogen and oxygen atoms in total. The molecule has 3 aromatic carbocycles. The van der Waals surface area contributed by atoms with E-state index in [4.69, 9.17) is 9.47 Å².